The van der Waals surface area contributed by atoms with Crippen LogP contribution in [0, 0.1) is 0 Å². The van der Waals surface area contributed by atoms with Crippen molar-refractivity contribution in [3.63, 3.8) is 0 Å². The van der Waals surface area contributed by atoms with Gasteiger partial charge in [-0.15, -0.1) is 11.8 Å². The van der Waals surface area contributed by atoms with E-state index in [1.165, 1.54) is 6.42 Å². The van der Waals surface area contributed by atoms with Crippen LogP contribution in [0.3, 0.4) is 0 Å². The van der Waals surface area contributed by atoms with E-state index < -0.39 is 0 Å². The van der Waals surface area contributed by atoms with Gasteiger partial charge in [0, 0.05) is 35.9 Å². The van der Waals surface area contributed by atoms with Crippen LogP contribution >= 0.6 is 11.8 Å². The SMILES string of the molecule is O=C(CSc1ccncc1)N1C2CCNCC1CC2. The largest absolute Gasteiger partial charge is 0.335 e. The van der Waals surface area contributed by atoms with Gasteiger partial charge in [0.05, 0.1) is 5.75 Å². The molecule has 0 aliphatic carbocycles. The third-order valence-corrected chi connectivity index (χ3v) is 4.95. The molecule has 4 nitrogen and oxygen atoms in total. The molecule has 19 heavy (non-hydrogen) atoms. The van der Waals surface area contributed by atoms with E-state index >= 15 is 0 Å². The first kappa shape index (κ1) is 12.9. The molecule has 0 spiro atoms. The van der Waals surface area contributed by atoms with Crippen molar-refractivity contribution in [3.8, 4) is 0 Å². The fourth-order valence-electron chi connectivity index (χ4n) is 3.04. The van der Waals surface area contributed by atoms with Crippen molar-refractivity contribution in [2.75, 3.05) is 18.8 Å². The van der Waals surface area contributed by atoms with Crippen molar-refractivity contribution < 1.29 is 4.79 Å². The van der Waals surface area contributed by atoms with Gasteiger partial charge in [-0.05, 0) is 37.9 Å². The van der Waals surface area contributed by atoms with Crippen molar-refractivity contribution in [1.29, 1.82) is 0 Å². The molecule has 2 aliphatic heterocycles. The minimum absolute atomic E-state index is 0.290. The highest BCUT2D eigenvalue weighted by atomic mass is 32.2. The van der Waals surface area contributed by atoms with Gasteiger partial charge in [0.1, 0.15) is 0 Å². The molecule has 2 bridgehead atoms. The topological polar surface area (TPSA) is 45.2 Å². The molecule has 5 heteroatoms. The van der Waals surface area contributed by atoms with E-state index in [9.17, 15) is 4.79 Å². The Morgan fingerprint density at radius 1 is 1.32 bits per heavy atom. The van der Waals surface area contributed by atoms with Gasteiger partial charge in [0.25, 0.3) is 0 Å². The lowest BCUT2D eigenvalue weighted by Crippen LogP contribution is -2.43. The van der Waals surface area contributed by atoms with E-state index in [1.807, 2.05) is 12.1 Å². The summed E-state index contributed by atoms with van der Waals surface area (Å²) in [6.45, 7) is 2.00. The zero-order chi connectivity index (χ0) is 13.1. The Labute approximate surface area is 118 Å². The molecule has 1 N–H and O–H groups in total. The van der Waals surface area contributed by atoms with Gasteiger partial charge in [-0.25, -0.2) is 0 Å². The monoisotopic (exact) mass is 277 g/mol. The maximum Gasteiger partial charge on any atom is 0.233 e. The minimum atomic E-state index is 0.290. The lowest BCUT2D eigenvalue weighted by molar-refractivity contribution is -0.130. The van der Waals surface area contributed by atoms with Crippen molar-refractivity contribution in [1.82, 2.24) is 15.2 Å². The number of amides is 1. The summed E-state index contributed by atoms with van der Waals surface area (Å²) in [5, 5.41) is 3.43. The summed E-state index contributed by atoms with van der Waals surface area (Å²) in [5.41, 5.74) is 0. The van der Waals surface area contributed by atoms with E-state index in [2.05, 4.69) is 15.2 Å². The number of pyridine rings is 1. The van der Waals surface area contributed by atoms with Crippen molar-refractivity contribution in [3.05, 3.63) is 24.5 Å². The van der Waals surface area contributed by atoms with Gasteiger partial charge in [-0.1, -0.05) is 0 Å². The molecule has 2 fully saturated rings. The van der Waals surface area contributed by atoms with Crippen molar-refractivity contribution in [2.45, 2.75) is 36.2 Å². The fraction of sp³-hybridized carbons (Fsp3) is 0.571. The van der Waals surface area contributed by atoms with Crippen LogP contribution in [0.4, 0.5) is 0 Å². The summed E-state index contributed by atoms with van der Waals surface area (Å²) >= 11 is 1.61. The molecule has 2 unspecified atom stereocenters. The molecule has 2 atom stereocenters. The van der Waals surface area contributed by atoms with Crippen LogP contribution in [0.15, 0.2) is 29.4 Å². The lowest BCUT2D eigenvalue weighted by atomic mass is 10.1. The Hall–Kier alpha value is -1.07. The first-order valence-electron chi connectivity index (χ1n) is 6.89. The molecule has 3 heterocycles. The quantitative estimate of drug-likeness (QED) is 0.851. The van der Waals surface area contributed by atoms with Crippen molar-refractivity contribution in [2.24, 2.45) is 0 Å². The maximum atomic E-state index is 12.4. The molecule has 2 aliphatic rings. The van der Waals surface area contributed by atoms with Gasteiger partial charge in [-0.3, -0.25) is 9.78 Å². The summed E-state index contributed by atoms with van der Waals surface area (Å²) < 4.78 is 0. The Kier molecular flexibility index (Phi) is 4.03. The number of aromatic nitrogens is 1. The number of hydrogen-bond donors (Lipinski definition) is 1. The molecular weight excluding hydrogens is 258 g/mol. The van der Waals surface area contributed by atoms with Gasteiger partial charge in [0.2, 0.25) is 5.91 Å². The van der Waals surface area contributed by atoms with Crippen LogP contribution < -0.4 is 5.32 Å². The Balaban J connectivity index is 1.61. The molecule has 0 aromatic carbocycles. The standard InChI is InChI=1S/C14H19N3OS/c18-14(10-19-13-4-7-15-8-5-13)17-11-1-2-12(17)9-16-6-3-11/h4-5,7-8,11-12,16H,1-3,6,9-10H2. The van der Waals surface area contributed by atoms with Crippen LogP contribution in [0.2, 0.25) is 0 Å². The average molecular weight is 277 g/mol. The molecule has 1 aromatic heterocycles. The van der Waals surface area contributed by atoms with Crippen LogP contribution in [0.5, 0.6) is 0 Å². The summed E-state index contributed by atoms with van der Waals surface area (Å²) in [5.74, 6) is 0.829. The molecule has 102 valence electrons. The number of carbonyl (C=O) groups excluding carboxylic acids is 1. The highest BCUT2D eigenvalue weighted by molar-refractivity contribution is 8.00. The second-order valence-corrected chi connectivity index (χ2v) is 6.20. The van der Waals surface area contributed by atoms with E-state index in [0.717, 1.165) is 30.8 Å². The van der Waals surface area contributed by atoms with Gasteiger partial charge >= 0.3 is 0 Å². The van der Waals surface area contributed by atoms with Crippen LogP contribution in [-0.2, 0) is 4.79 Å². The lowest BCUT2D eigenvalue weighted by Gasteiger charge is -2.27. The maximum absolute atomic E-state index is 12.4. The van der Waals surface area contributed by atoms with E-state index in [4.69, 9.17) is 0 Å². The number of thioether (sulfide) groups is 1. The third kappa shape index (κ3) is 2.92. The molecule has 0 saturated carbocycles. The molecule has 1 aromatic rings. The van der Waals surface area contributed by atoms with Gasteiger partial charge < -0.3 is 10.2 Å². The zero-order valence-corrected chi connectivity index (χ0v) is 11.7. The van der Waals surface area contributed by atoms with E-state index in [-0.39, 0.29) is 5.91 Å². The normalized spacial score (nSPS) is 26.2. The summed E-state index contributed by atoms with van der Waals surface area (Å²) in [7, 11) is 0. The van der Waals surface area contributed by atoms with Crippen LogP contribution in [-0.4, -0.2) is 46.7 Å². The van der Waals surface area contributed by atoms with E-state index in [1.54, 1.807) is 24.2 Å². The summed E-state index contributed by atoms with van der Waals surface area (Å²) in [6, 6.07) is 4.79. The minimum Gasteiger partial charge on any atom is -0.335 e. The Morgan fingerprint density at radius 2 is 2.11 bits per heavy atom. The van der Waals surface area contributed by atoms with Gasteiger partial charge in [-0.2, -0.15) is 0 Å². The van der Waals surface area contributed by atoms with Crippen molar-refractivity contribution >= 4 is 17.7 Å². The molecular formula is C14H19N3OS. The highest BCUT2D eigenvalue weighted by Crippen LogP contribution is 2.29. The second-order valence-electron chi connectivity index (χ2n) is 5.15. The molecule has 1 amide bonds. The highest BCUT2D eigenvalue weighted by Gasteiger charge is 2.37. The number of carbonyl (C=O) groups is 1. The first-order valence-corrected chi connectivity index (χ1v) is 7.88. The number of hydrogen-bond acceptors (Lipinski definition) is 4. The fourth-order valence-corrected chi connectivity index (χ4v) is 3.80. The van der Waals surface area contributed by atoms with E-state index in [0.29, 0.717) is 17.8 Å². The van der Waals surface area contributed by atoms with Crippen LogP contribution in [0.1, 0.15) is 19.3 Å². The van der Waals surface area contributed by atoms with Crippen LogP contribution in [0.25, 0.3) is 0 Å². The average Bonchev–Trinajstić information content (AvgIpc) is 2.71. The third-order valence-electron chi connectivity index (χ3n) is 3.95. The number of fused-ring (bicyclic) bond motifs is 2. The smallest absolute Gasteiger partial charge is 0.233 e. The number of nitrogens with zero attached hydrogens (tertiary/aromatic N) is 2. The number of rotatable bonds is 3. The summed E-state index contributed by atoms with van der Waals surface area (Å²) in [6.07, 6.45) is 6.97. The predicted octanol–water partition coefficient (Wildman–Crippen LogP) is 1.53. The van der Waals surface area contributed by atoms with Gasteiger partial charge in [0.15, 0.2) is 0 Å². The number of nitrogens with one attached hydrogen (secondary N) is 1. The zero-order valence-electron chi connectivity index (χ0n) is 10.9. The Bertz CT molecular complexity index is 426. The summed E-state index contributed by atoms with van der Waals surface area (Å²) in [4.78, 5) is 19.7. The molecule has 2 saturated heterocycles. The Morgan fingerprint density at radius 3 is 2.95 bits per heavy atom. The predicted molar refractivity (Wildman–Crippen MR) is 76.1 cm³/mol. The second kappa shape index (κ2) is 5.92. The molecule has 0 radical (unpaired) electrons. The first-order chi connectivity index (χ1) is 9.34. The molecule has 3 rings (SSSR count).